The van der Waals surface area contributed by atoms with E-state index in [2.05, 4.69) is 42.4 Å². The molecule has 0 aliphatic rings. The molecule has 1 unspecified atom stereocenters. The summed E-state index contributed by atoms with van der Waals surface area (Å²) in [5, 5.41) is 0.730. The maximum Gasteiger partial charge on any atom is 0.178 e. The van der Waals surface area contributed by atoms with Crippen LogP contribution in [0.15, 0.2) is 18.2 Å². The molecule has 1 aromatic carbocycles. The van der Waals surface area contributed by atoms with E-state index in [9.17, 15) is 0 Å². The fourth-order valence-corrected chi connectivity index (χ4v) is 3.22. The quantitative estimate of drug-likeness (QED) is 0.822. The minimum atomic E-state index is 0.368. The van der Waals surface area contributed by atoms with E-state index in [4.69, 9.17) is 23.8 Å². The number of aromatic amines is 1. The molecule has 3 nitrogen and oxygen atoms in total. The molecule has 0 aliphatic carbocycles. The molecule has 2 aromatic rings. The summed E-state index contributed by atoms with van der Waals surface area (Å²) in [6.45, 7) is 5.47. The van der Waals surface area contributed by atoms with Gasteiger partial charge < -0.3 is 14.5 Å². The Labute approximate surface area is 130 Å². The largest absolute Gasteiger partial charge is 0.331 e. The summed E-state index contributed by atoms with van der Waals surface area (Å²) in [4.78, 5) is 5.48. The van der Waals surface area contributed by atoms with Crippen LogP contribution in [0, 0.1) is 10.7 Å². The Morgan fingerprint density at radius 1 is 1.35 bits per heavy atom. The first-order chi connectivity index (χ1) is 9.38. The van der Waals surface area contributed by atoms with E-state index < -0.39 is 0 Å². The third-order valence-electron chi connectivity index (χ3n) is 3.36. The van der Waals surface area contributed by atoms with Gasteiger partial charge in [-0.15, -0.1) is 0 Å². The predicted octanol–water partition coefficient (Wildman–Crippen LogP) is 4.50. The minimum Gasteiger partial charge on any atom is -0.331 e. The van der Waals surface area contributed by atoms with Crippen LogP contribution in [-0.4, -0.2) is 35.1 Å². The first kappa shape index (κ1) is 15.5. The third-order valence-corrected chi connectivity index (χ3v) is 3.90. The van der Waals surface area contributed by atoms with Crippen LogP contribution in [0.25, 0.3) is 11.0 Å². The van der Waals surface area contributed by atoms with Crippen LogP contribution in [0.3, 0.4) is 0 Å². The van der Waals surface area contributed by atoms with Crippen molar-refractivity contribution in [3.63, 3.8) is 0 Å². The van der Waals surface area contributed by atoms with Crippen LogP contribution in [0.5, 0.6) is 0 Å². The number of benzene rings is 1. The molecule has 1 atom stereocenters. The number of rotatable bonds is 5. The number of nitrogens with zero attached hydrogens (tertiary/aromatic N) is 2. The van der Waals surface area contributed by atoms with Gasteiger partial charge in [-0.05, 0) is 56.9 Å². The van der Waals surface area contributed by atoms with Gasteiger partial charge in [0, 0.05) is 17.6 Å². The highest BCUT2D eigenvalue weighted by atomic mass is 35.5. The van der Waals surface area contributed by atoms with Gasteiger partial charge in [0.05, 0.1) is 11.0 Å². The number of hydrogen-bond donors (Lipinski definition) is 1. The Kier molecular flexibility index (Phi) is 4.89. The van der Waals surface area contributed by atoms with Crippen molar-refractivity contribution in [1.82, 2.24) is 14.5 Å². The third kappa shape index (κ3) is 3.43. The normalized spacial score (nSPS) is 13.6. The number of likely N-dealkylation sites (N-methyl/N-ethyl adjacent to an activating group) is 1. The zero-order valence-electron chi connectivity index (χ0n) is 12.5. The van der Waals surface area contributed by atoms with Crippen LogP contribution in [-0.2, 0) is 0 Å². The molecule has 2 rings (SSSR count). The van der Waals surface area contributed by atoms with E-state index >= 15 is 0 Å². The van der Waals surface area contributed by atoms with Gasteiger partial charge in [0.2, 0.25) is 0 Å². The van der Waals surface area contributed by atoms with Crippen molar-refractivity contribution in [2.24, 2.45) is 5.92 Å². The summed E-state index contributed by atoms with van der Waals surface area (Å²) >= 11 is 11.6. The lowest BCUT2D eigenvalue weighted by molar-refractivity contribution is 0.291. The molecule has 1 N–H and O–H groups in total. The van der Waals surface area contributed by atoms with E-state index in [-0.39, 0.29) is 0 Å². The molecule has 1 aromatic heterocycles. The van der Waals surface area contributed by atoms with Gasteiger partial charge >= 0.3 is 0 Å². The maximum absolute atomic E-state index is 6.06. The summed E-state index contributed by atoms with van der Waals surface area (Å²) in [5.74, 6) is 0.624. The molecule has 110 valence electrons. The van der Waals surface area contributed by atoms with E-state index in [1.807, 2.05) is 18.2 Å². The van der Waals surface area contributed by atoms with Gasteiger partial charge in [-0.3, -0.25) is 0 Å². The zero-order chi connectivity index (χ0) is 14.9. The molecule has 20 heavy (non-hydrogen) atoms. The number of halogens is 1. The van der Waals surface area contributed by atoms with Gasteiger partial charge in [-0.2, -0.15) is 0 Å². The highest BCUT2D eigenvalue weighted by molar-refractivity contribution is 7.71. The van der Waals surface area contributed by atoms with E-state index in [0.717, 1.165) is 33.8 Å². The number of H-pyrrole nitrogens is 1. The second kappa shape index (κ2) is 6.29. The lowest BCUT2D eigenvalue weighted by atomic mass is 10.0. The smallest absolute Gasteiger partial charge is 0.178 e. The molecule has 0 bridgehead atoms. The fourth-order valence-electron chi connectivity index (χ4n) is 2.69. The number of nitrogens with one attached hydrogen (secondary N) is 1. The average molecular weight is 312 g/mol. The van der Waals surface area contributed by atoms with Crippen molar-refractivity contribution >= 4 is 34.9 Å². The van der Waals surface area contributed by atoms with Gasteiger partial charge in [-0.25, -0.2) is 0 Å². The van der Waals surface area contributed by atoms with Crippen LogP contribution in [0.2, 0.25) is 5.02 Å². The highest BCUT2D eigenvalue weighted by Gasteiger charge is 2.18. The molecule has 0 amide bonds. The van der Waals surface area contributed by atoms with Crippen molar-refractivity contribution < 1.29 is 0 Å². The summed E-state index contributed by atoms with van der Waals surface area (Å²) in [6, 6.07) is 6.27. The second-order valence-electron chi connectivity index (χ2n) is 6.01. The minimum absolute atomic E-state index is 0.368. The number of imidazole rings is 1. The Morgan fingerprint density at radius 2 is 2.05 bits per heavy atom. The molecule has 0 saturated heterocycles. The van der Waals surface area contributed by atoms with E-state index in [1.54, 1.807) is 0 Å². The Morgan fingerprint density at radius 3 is 2.65 bits per heavy atom. The maximum atomic E-state index is 6.06. The Bertz CT molecular complexity index is 632. The van der Waals surface area contributed by atoms with E-state index in [1.165, 1.54) is 0 Å². The summed E-state index contributed by atoms with van der Waals surface area (Å²) in [5.41, 5.74) is 2.14. The molecule has 0 saturated carbocycles. The number of hydrogen-bond acceptors (Lipinski definition) is 2. The lowest BCUT2D eigenvalue weighted by Gasteiger charge is -2.25. The van der Waals surface area contributed by atoms with Crippen LogP contribution >= 0.6 is 23.8 Å². The van der Waals surface area contributed by atoms with Crippen LogP contribution in [0.1, 0.15) is 26.3 Å². The first-order valence-corrected chi connectivity index (χ1v) is 7.71. The van der Waals surface area contributed by atoms with Crippen LogP contribution < -0.4 is 0 Å². The molecule has 5 heteroatoms. The van der Waals surface area contributed by atoms with Crippen LogP contribution in [0.4, 0.5) is 0 Å². The standard InChI is InChI=1S/C15H22ClN3S/c1-10(2)7-12(9-18(3)4)19-14-6-5-11(16)8-13(14)17-15(19)20/h5-6,8,10,12H,7,9H2,1-4H3,(H,17,20). The van der Waals surface area contributed by atoms with Crippen molar-refractivity contribution in [1.29, 1.82) is 0 Å². The van der Waals surface area contributed by atoms with Crippen molar-refractivity contribution in [3.05, 3.63) is 28.0 Å². The Hall–Kier alpha value is -0.840. The highest BCUT2D eigenvalue weighted by Crippen LogP contribution is 2.26. The second-order valence-corrected chi connectivity index (χ2v) is 6.83. The van der Waals surface area contributed by atoms with Gasteiger partial charge in [-0.1, -0.05) is 25.4 Å². The first-order valence-electron chi connectivity index (χ1n) is 6.93. The van der Waals surface area contributed by atoms with Crippen molar-refractivity contribution in [2.45, 2.75) is 26.3 Å². The fraction of sp³-hybridized carbons (Fsp3) is 0.533. The van der Waals surface area contributed by atoms with Gasteiger partial charge in [0.1, 0.15) is 0 Å². The molecular formula is C15H22ClN3S. The van der Waals surface area contributed by atoms with Crippen molar-refractivity contribution in [3.8, 4) is 0 Å². The molecule has 1 heterocycles. The molecule has 0 aliphatic heterocycles. The lowest BCUT2D eigenvalue weighted by Crippen LogP contribution is -2.25. The zero-order valence-corrected chi connectivity index (χ0v) is 14.1. The molecule has 0 fully saturated rings. The monoisotopic (exact) mass is 311 g/mol. The summed E-state index contributed by atoms with van der Waals surface area (Å²) < 4.78 is 3.01. The van der Waals surface area contributed by atoms with Crippen molar-refractivity contribution in [2.75, 3.05) is 20.6 Å². The van der Waals surface area contributed by atoms with E-state index in [0.29, 0.717) is 12.0 Å². The number of aromatic nitrogens is 2. The summed E-state index contributed by atoms with van der Waals surface area (Å²) in [6.07, 6.45) is 1.10. The topological polar surface area (TPSA) is 24.0 Å². The molecular weight excluding hydrogens is 290 g/mol. The molecule has 0 spiro atoms. The molecule has 0 radical (unpaired) electrons. The Balaban J connectivity index is 2.51. The van der Waals surface area contributed by atoms with Gasteiger partial charge in [0.15, 0.2) is 4.77 Å². The summed E-state index contributed by atoms with van der Waals surface area (Å²) in [7, 11) is 4.20. The van der Waals surface area contributed by atoms with Gasteiger partial charge in [0.25, 0.3) is 0 Å². The SMILES string of the molecule is CC(C)CC(CN(C)C)n1c(=S)[nH]c2cc(Cl)ccc21. The number of fused-ring (bicyclic) bond motifs is 1. The predicted molar refractivity (Wildman–Crippen MR) is 89.2 cm³/mol. The average Bonchev–Trinajstić information content (AvgIpc) is 2.61.